The van der Waals surface area contributed by atoms with E-state index in [1.807, 2.05) is 14.2 Å². The topological polar surface area (TPSA) is 21.3 Å². The van der Waals surface area contributed by atoms with Crippen LogP contribution in [0.4, 0.5) is 0 Å². The molecule has 1 aromatic carbocycles. The molecule has 4 atom stereocenters. The molecule has 2 heteroatoms. The summed E-state index contributed by atoms with van der Waals surface area (Å²) in [6.07, 6.45) is 2.69. The van der Waals surface area contributed by atoms with E-state index in [1.165, 1.54) is 12.0 Å². The Labute approximate surface area is 104 Å². The summed E-state index contributed by atoms with van der Waals surface area (Å²) in [4.78, 5) is 0. The first-order valence-corrected chi connectivity index (χ1v) is 6.56. The number of benzene rings is 1. The van der Waals surface area contributed by atoms with Crippen molar-refractivity contribution < 1.29 is 4.74 Å². The Kier molecular flexibility index (Phi) is 4.19. The zero-order valence-corrected chi connectivity index (χ0v) is 11.0. The maximum atomic E-state index is 5.58. The summed E-state index contributed by atoms with van der Waals surface area (Å²) in [5.41, 5.74) is 1.48. The van der Waals surface area contributed by atoms with Gasteiger partial charge in [0.2, 0.25) is 0 Å². The molecule has 2 rings (SSSR count). The van der Waals surface area contributed by atoms with Crippen LogP contribution in [0.2, 0.25) is 0 Å². The van der Waals surface area contributed by atoms with Crippen LogP contribution in [-0.2, 0) is 4.74 Å². The molecule has 0 bridgehead atoms. The normalized spacial score (nSPS) is 26.5. The van der Waals surface area contributed by atoms with E-state index in [0.717, 1.165) is 18.3 Å². The Bertz CT molecular complexity index is 334. The predicted molar refractivity (Wildman–Crippen MR) is 71.2 cm³/mol. The second-order valence-electron chi connectivity index (χ2n) is 4.91. The number of rotatable bonds is 6. The highest BCUT2D eigenvalue weighted by Crippen LogP contribution is 2.50. The third kappa shape index (κ3) is 2.70. The van der Waals surface area contributed by atoms with E-state index in [0.29, 0.717) is 12.1 Å². The molecule has 0 aromatic heterocycles. The molecule has 1 N–H and O–H groups in total. The molecule has 1 aliphatic rings. The number of hydrogen-bond donors (Lipinski definition) is 1. The monoisotopic (exact) mass is 233 g/mol. The van der Waals surface area contributed by atoms with Crippen LogP contribution in [0.1, 0.15) is 31.2 Å². The zero-order chi connectivity index (χ0) is 12.3. The van der Waals surface area contributed by atoms with Crippen molar-refractivity contribution in [1.82, 2.24) is 5.32 Å². The van der Waals surface area contributed by atoms with Crippen LogP contribution in [-0.4, -0.2) is 26.3 Å². The number of likely N-dealkylation sites (N-methyl/N-ethyl adjacent to an activating group) is 1. The molecule has 0 aliphatic heterocycles. The Hall–Kier alpha value is -0.860. The highest BCUT2D eigenvalue weighted by atomic mass is 16.5. The lowest BCUT2D eigenvalue weighted by Gasteiger charge is -2.25. The van der Waals surface area contributed by atoms with Gasteiger partial charge in [-0.15, -0.1) is 0 Å². The van der Waals surface area contributed by atoms with Crippen molar-refractivity contribution in [2.24, 2.45) is 5.92 Å². The van der Waals surface area contributed by atoms with Crippen molar-refractivity contribution >= 4 is 0 Å². The second-order valence-corrected chi connectivity index (χ2v) is 4.91. The number of hydrogen-bond acceptors (Lipinski definition) is 2. The molecule has 1 aliphatic carbocycles. The van der Waals surface area contributed by atoms with E-state index in [2.05, 4.69) is 42.6 Å². The minimum Gasteiger partial charge on any atom is -0.380 e. The average molecular weight is 233 g/mol. The summed E-state index contributed by atoms with van der Waals surface area (Å²) in [7, 11) is 3.87. The molecule has 0 radical (unpaired) electrons. The van der Waals surface area contributed by atoms with Crippen molar-refractivity contribution in [3.63, 3.8) is 0 Å². The molecule has 0 heterocycles. The van der Waals surface area contributed by atoms with Gasteiger partial charge in [0, 0.05) is 13.2 Å². The van der Waals surface area contributed by atoms with E-state index >= 15 is 0 Å². The van der Waals surface area contributed by atoms with Gasteiger partial charge < -0.3 is 10.1 Å². The van der Waals surface area contributed by atoms with Gasteiger partial charge in [0.1, 0.15) is 0 Å². The first-order chi connectivity index (χ1) is 8.31. The smallest absolute Gasteiger partial charge is 0.0724 e. The molecular weight excluding hydrogens is 210 g/mol. The molecule has 0 amide bonds. The maximum Gasteiger partial charge on any atom is 0.0724 e. The Morgan fingerprint density at radius 2 is 2.06 bits per heavy atom. The molecule has 4 unspecified atom stereocenters. The van der Waals surface area contributed by atoms with E-state index in [-0.39, 0.29) is 0 Å². The molecule has 0 saturated heterocycles. The molecule has 1 saturated carbocycles. The largest absolute Gasteiger partial charge is 0.380 e. The number of nitrogens with one attached hydrogen (secondary N) is 1. The van der Waals surface area contributed by atoms with Crippen molar-refractivity contribution in [2.45, 2.75) is 37.8 Å². The number of methoxy groups -OCH3 is 1. The fourth-order valence-electron chi connectivity index (χ4n) is 2.94. The number of ether oxygens (including phenoxy) is 1. The van der Waals surface area contributed by atoms with Crippen LogP contribution in [0.25, 0.3) is 0 Å². The van der Waals surface area contributed by atoms with E-state index in [9.17, 15) is 0 Å². The fourth-order valence-corrected chi connectivity index (χ4v) is 2.94. The molecule has 2 nitrogen and oxygen atoms in total. The fraction of sp³-hybridized carbons (Fsp3) is 0.600. The van der Waals surface area contributed by atoms with E-state index < -0.39 is 0 Å². The molecule has 17 heavy (non-hydrogen) atoms. The zero-order valence-electron chi connectivity index (χ0n) is 11.0. The van der Waals surface area contributed by atoms with Gasteiger partial charge in [-0.2, -0.15) is 0 Å². The first kappa shape index (κ1) is 12.6. The van der Waals surface area contributed by atoms with Crippen molar-refractivity contribution in [3.05, 3.63) is 35.9 Å². The predicted octanol–water partition coefficient (Wildman–Crippen LogP) is 2.80. The summed E-state index contributed by atoms with van der Waals surface area (Å²) >= 11 is 0. The lowest BCUT2D eigenvalue weighted by molar-refractivity contribution is 0.0601. The van der Waals surface area contributed by atoms with Gasteiger partial charge in [-0.25, -0.2) is 0 Å². The molecular formula is C15H23NO. The van der Waals surface area contributed by atoms with Gasteiger partial charge in [-0.3, -0.25) is 0 Å². The van der Waals surface area contributed by atoms with Gasteiger partial charge in [-0.05, 0) is 37.3 Å². The lowest BCUT2D eigenvalue weighted by atomic mass is 9.99. The summed E-state index contributed by atoms with van der Waals surface area (Å²) in [6.45, 7) is 2.19. The van der Waals surface area contributed by atoms with Crippen molar-refractivity contribution in [2.75, 3.05) is 14.2 Å². The highest BCUT2D eigenvalue weighted by molar-refractivity contribution is 5.27. The van der Waals surface area contributed by atoms with Gasteiger partial charge in [-0.1, -0.05) is 37.3 Å². The van der Waals surface area contributed by atoms with Gasteiger partial charge >= 0.3 is 0 Å². The molecule has 1 aromatic rings. The third-order valence-corrected chi connectivity index (χ3v) is 3.97. The van der Waals surface area contributed by atoms with Gasteiger partial charge in [0.15, 0.2) is 0 Å². The quantitative estimate of drug-likeness (QED) is 0.816. The first-order valence-electron chi connectivity index (χ1n) is 6.56. The van der Waals surface area contributed by atoms with Crippen LogP contribution in [0.3, 0.4) is 0 Å². The minimum absolute atomic E-state index is 0.332. The van der Waals surface area contributed by atoms with Gasteiger partial charge in [0.05, 0.1) is 6.10 Å². The molecule has 94 valence electrons. The third-order valence-electron chi connectivity index (χ3n) is 3.97. The average Bonchev–Trinajstić information content (AvgIpc) is 3.17. The Morgan fingerprint density at radius 3 is 2.59 bits per heavy atom. The Morgan fingerprint density at radius 1 is 1.35 bits per heavy atom. The maximum absolute atomic E-state index is 5.58. The summed E-state index contributed by atoms with van der Waals surface area (Å²) in [6, 6.07) is 11.3. The standard InChI is InChI=1S/C15H23NO/c1-4-14(17-3)15(16-2)13-10-12(13)11-8-6-5-7-9-11/h5-9,12-16H,4,10H2,1-3H3. The van der Waals surface area contributed by atoms with E-state index in [1.54, 1.807) is 0 Å². The van der Waals surface area contributed by atoms with Crippen molar-refractivity contribution in [3.8, 4) is 0 Å². The summed E-state index contributed by atoms with van der Waals surface area (Å²) < 4.78 is 5.58. The van der Waals surface area contributed by atoms with Crippen LogP contribution in [0.5, 0.6) is 0 Å². The summed E-state index contributed by atoms with van der Waals surface area (Å²) in [5.74, 6) is 1.45. The van der Waals surface area contributed by atoms with Crippen molar-refractivity contribution in [1.29, 1.82) is 0 Å². The summed E-state index contributed by atoms with van der Waals surface area (Å²) in [5, 5.41) is 3.44. The van der Waals surface area contributed by atoms with Crippen LogP contribution in [0.15, 0.2) is 30.3 Å². The minimum atomic E-state index is 0.332. The van der Waals surface area contributed by atoms with Crippen LogP contribution >= 0.6 is 0 Å². The van der Waals surface area contributed by atoms with E-state index in [4.69, 9.17) is 4.74 Å². The Balaban J connectivity index is 2.01. The molecule has 1 fully saturated rings. The van der Waals surface area contributed by atoms with Crippen LogP contribution in [0, 0.1) is 5.92 Å². The van der Waals surface area contributed by atoms with Crippen LogP contribution < -0.4 is 5.32 Å². The molecule has 0 spiro atoms. The second kappa shape index (κ2) is 5.65. The SMILES string of the molecule is CCC(OC)C(NC)C1CC1c1ccccc1. The highest BCUT2D eigenvalue weighted by Gasteiger charge is 2.45. The lowest BCUT2D eigenvalue weighted by Crippen LogP contribution is -2.40. The van der Waals surface area contributed by atoms with Gasteiger partial charge in [0.25, 0.3) is 0 Å².